The van der Waals surface area contributed by atoms with Gasteiger partial charge in [-0.3, -0.25) is 4.79 Å². The van der Waals surface area contributed by atoms with E-state index in [0.717, 1.165) is 16.9 Å². The number of halogens is 1. The van der Waals surface area contributed by atoms with Crippen molar-refractivity contribution in [3.05, 3.63) is 83.8 Å². The smallest absolute Gasteiger partial charge is 0.204 e. The summed E-state index contributed by atoms with van der Waals surface area (Å²) in [6.45, 7) is 15.8. The summed E-state index contributed by atoms with van der Waals surface area (Å²) >= 11 is 4.96. The molecule has 0 aliphatic carbocycles. The lowest BCUT2D eigenvalue weighted by Gasteiger charge is -1.98. The Morgan fingerprint density at radius 3 is 2.00 bits per heavy atom. The minimum atomic E-state index is -0.160. The van der Waals surface area contributed by atoms with Crippen LogP contribution >= 0.6 is 21.5 Å². The van der Waals surface area contributed by atoms with E-state index in [-0.39, 0.29) is 12.2 Å². The number of amides is 1. The van der Waals surface area contributed by atoms with Crippen molar-refractivity contribution in [2.24, 2.45) is 5.73 Å². The molecule has 0 saturated carbocycles. The molecule has 0 spiro atoms. The summed E-state index contributed by atoms with van der Waals surface area (Å²) in [5.74, 6) is -0.160. The Labute approximate surface area is 185 Å². The SMILES string of the molecule is C=C(C)/C=C\C=C/C.CC(=S)/C(C)=C\C(C)P.CCc1ccc(F)cc1.NC=O. The van der Waals surface area contributed by atoms with Crippen molar-refractivity contribution in [2.45, 2.75) is 53.6 Å². The van der Waals surface area contributed by atoms with Crippen LogP contribution in [0.5, 0.6) is 0 Å². The highest BCUT2D eigenvalue weighted by Gasteiger charge is 1.92. The van der Waals surface area contributed by atoms with Gasteiger partial charge in [-0.25, -0.2) is 4.39 Å². The zero-order chi connectivity index (χ0) is 23.2. The summed E-state index contributed by atoms with van der Waals surface area (Å²) < 4.78 is 12.2. The van der Waals surface area contributed by atoms with Gasteiger partial charge in [0.25, 0.3) is 0 Å². The van der Waals surface area contributed by atoms with E-state index >= 15 is 0 Å². The molecule has 0 radical (unpaired) electrons. The number of aryl methyl sites for hydroxylation is 1. The van der Waals surface area contributed by atoms with Gasteiger partial charge in [0, 0.05) is 4.86 Å². The summed E-state index contributed by atoms with van der Waals surface area (Å²) in [5.41, 5.74) is 8.18. The van der Waals surface area contributed by atoms with Crippen molar-refractivity contribution >= 4 is 32.7 Å². The van der Waals surface area contributed by atoms with Crippen molar-refractivity contribution in [1.82, 2.24) is 0 Å². The summed E-state index contributed by atoms with van der Waals surface area (Å²) in [4.78, 5) is 9.57. The van der Waals surface area contributed by atoms with Crippen LogP contribution < -0.4 is 5.73 Å². The first-order valence-electron chi connectivity index (χ1n) is 9.35. The predicted molar refractivity (Wildman–Crippen MR) is 136 cm³/mol. The second kappa shape index (κ2) is 22.4. The van der Waals surface area contributed by atoms with Gasteiger partial charge in [-0.1, -0.05) is 80.7 Å². The first-order valence-corrected chi connectivity index (χ1v) is 10.4. The van der Waals surface area contributed by atoms with E-state index in [1.807, 2.05) is 58.9 Å². The lowest BCUT2D eigenvalue weighted by molar-refractivity contribution is -0.106. The number of allylic oxidation sites excluding steroid dienone is 7. The van der Waals surface area contributed by atoms with Gasteiger partial charge < -0.3 is 5.73 Å². The van der Waals surface area contributed by atoms with Crippen LogP contribution in [0, 0.1) is 5.82 Å². The molecule has 5 heteroatoms. The van der Waals surface area contributed by atoms with Gasteiger partial charge in [-0.15, -0.1) is 9.24 Å². The average Bonchev–Trinajstić information content (AvgIpc) is 2.63. The third kappa shape index (κ3) is 28.4. The number of nitrogens with two attached hydrogens (primary N) is 1. The van der Waals surface area contributed by atoms with E-state index in [0.29, 0.717) is 5.66 Å². The third-order valence-electron chi connectivity index (χ3n) is 3.07. The maximum absolute atomic E-state index is 12.2. The van der Waals surface area contributed by atoms with Crippen molar-refractivity contribution in [3.63, 3.8) is 0 Å². The van der Waals surface area contributed by atoms with E-state index in [1.165, 1.54) is 23.3 Å². The molecule has 2 atom stereocenters. The third-order valence-corrected chi connectivity index (χ3v) is 3.59. The van der Waals surface area contributed by atoms with Crippen LogP contribution in [-0.4, -0.2) is 16.9 Å². The summed E-state index contributed by atoms with van der Waals surface area (Å²) in [5, 5.41) is 0. The van der Waals surface area contributed by atoms with Gasteiger partial charge in [0.1, 0.15) is 5.82 Å². The number of thiocarbonyl (C=S) groups is 1. The summed E-state index contributed by atoms with van der Waals surface area (Å²) in [6, 6.07) is 6.57. The normalized spacial score (nSPS) is 11.2. The maximum Gasteiger partial charge on any atom is 0.204 e. The number of hydrogen-bond acceptors (Lipinski definition) is 2. The van der Waals surface area contributed by atoms with Crippen molar-refractivity contribution in [3.8, 4) is 0 Å². The Hall–Kier alpha value is -1.90. The lowest BCUT2D eigenvalue weighted by Crippen LogP contribution is -1.92. The molecule has 2 N–H and O–H groups in total. The maximum atomic E-state index is 12.2. The van der Waals surface area contributed by atoms with Crippen LogP contribution in [0.3, 0.4) is 0 Å². The van der Waals surface area contributed by atoms with Crippen molar-refractivity contribution in [2.75, 3.05) is 0 Å². The molecule has 0 fully saturated rings. The number of benzene rings is 1. The van der Waals surface area contributed by atoms with Gasteiger partial charge in [0.15, 0.2) is 0 Å². The summed E-state index contributed by atoms with van der Waals surface area (Å²) in [6.07, 6.45) is 11.3. The molecular formula is C24H37FNOPS. The number of carbonyl (C=O) groups excluding carboxylic acids is 1. The molecule has 0 aromatic heterocycles. The second-order valence-electron chi connectivity index (χ2n) is 6.11. The number of carbonyl (C=O) groups is 1. The predicted octanol–water partition coefficient (Wildman–Crippen LogP) is 6.77. The molecule has 1 aromatic carbocycles. The van der Waals surface area contributed by atoms with Gasteiger partial charge in [-0.05, 0) is 63.0 Å². The monoisotopic (exact) mass is 437 g/mol. The second-order valence-corrected chi connectivity index (χ2v) is 7.78. The highest BCUT2D eigenvalue weighted by Crippen LogP contribution is 2.05. The molecule has 1 amide bonds. The van der Waals surface area contributed by atoms with E-state index in [2.05, 4.69) is 34.6 Å². The number of primary amides is 1. The molecule has 0 bridgehead atoms. The fourth-order valence-electron chi connectivity index (χ4n) is 1.56. The van der Waals surface area contributed by atoms with Crippen LogP contribution in [-0.2, 0) is 11.2 Å². The summed E-state index contributed by atoms with van der Waals surface area (Å²) in [7, 11) is 2.71. The highest BCUT2D eigenvalue weighted by atomic mass is 32.1. The molecule has 29 heavy (non-hydrogen) atoms. The van der Waals surface area contributed by atoms with E-state index in [4.69, 9.17) is 17.0 Å². The van der Waals surface area contributed by atoms with Crippen LogP contribution in [0.1, 0.15) is 47.1 Å². The molecule has 1 aromatic rings. The molecule has 0 heterocycles. The Morgan fingerprint density at radius 2 is 1.72 bits per heavy atom. The van der Waals surface area contributed by atoms with Gasteiger partial charge in [0.05, 0.1) is 0 Å². The molecule has 2 nitrogen and oxygen atoms in total. The lowest BCUT2D eigenvalue weighted by atomic mass is 10.2. The van der Waals surface area contributed by atoms with Crippen LogP contribution in [0.25, 0.3) is 0 Å². The molecule has 2 unspecified atom stereocenters. The first-order chi connectivity index (χ1) is 13.5. The highest BCUT2D eigenvalue weighted by molar-refractivity contribution is 7.80. The fourth-order valence-corrected chi connectivity index (χ4v) is 1.92. The number of rotatable bonds is 5. The average molecular weight is 438 g/mol. The quantitative estimate of drug-likeness (QED) is 0.182. The Morgan fingerprint density at radius 1 is 1.24 bits per heavy atom. The molecule has 162 valence electrons. The van der Waals surface area contributed by atoms with E-state index in [1.54, 1.807) is 12.1 Å². The Bertz CT molecular complexity index is 662. The van der Waals surface area contributed by atoms with Gasteiger partial charge in [0.2, 0.25) is 6.41 Å². The van der Waals surface area contributed by atoms with Crippen molar-refractivity contribution in [1.29, 1.82) is 0 Å². The van der Waals surface area contributed by atoms with Crippen LogP contribution in [0.2, 0.25) is 0 Å². The fraction of sp³-hybridized carbons (Fsp3) is 0.333. The van der Waals surface area contributed by atoms with Crippen molar-refractivity contribution < 1.29 is 9.18 Å². The standard InChI is InChI=1S/C8H9F.C8H12.C7H13PS.CH3NO/c1-2-7-3-5-8(9)6-4-7;1-4-5-6-7-8(2)3;1-5(7(3)9)4-6(2)8;2-1-3/h3-6H,2H2,1H3;4-7H,2H2,1,3H3;4,6H,8H2,1-3H3;1H,(H2,2,3)/b;5-4-,7-6-;5-4-;. The molecular weight excluding hydrogens is 400 g/mol. The molecule has 0 aliphatic rings. The first kappa shape index (κ1) is 31.8. The Kier molecular flexibility index (Phi) is 24.5. The molecule has 1 rings (SSSR count). The van der Waals surface area contributed by atoms with Gasteiger partial charge in [-0.2, -0.15) is 0 Å². The van der Waals surface area contributed by atoms with E-state index in [9.17, 15) is 4.39 Å². The Balaban J connectivity index is -0.000000328. The zero-order valence-electron chi connectivity index (χ0n) is 18.6. The topological polar surface area (TPSA) is 43.1 Å². The molecule has 0 saturated heterocycles. The minimum Gasteiger partial charge on any atom is -0.372 e. The zero-order valence-corrected chi connectivity index (χ0v) is 20.6. The van der Waals surface area contributed by atoms with Crippen LogP contribution in [0.15, 0.2) is 72.4 Å². The van der Waals surface area contributed by atoms with E-state index < -0.39 is 0 Å². The minimum absolute atomic E-state index is 0.160. The largest absolute Gasteiger partial charge is 0.372 e. The van der Waals surface area contributed by atoms with Gasteiger partial charge >= 0.3 is 0 Å². The molecule has 0 aliphatic heterocycles. The number of hydrogen-bond donors (Lipinski definition) is 1. The van der Waals surface area contributed by atoms with Crippen LogP contribution in [0.4, 0.5) is 4.39 Å².